The molecule has 0 atom stereocenters. The first-order valence-electron chi connectivity index (χ1n) is 6.33. The Hall–Kier alpha value is -1.39. The number of fused-ring (bicyclic) bond motifs is 1. The molecule has 0 fully saturated rings. The van der Waals surface area contributed by atoms with E-state index in [9.17, 15) is 0 Å². The summed E-state index contributed by atoms with van der Waals surface area (Å²) in [5.74, 6) is 0. The Morgan fingerprint density at radius 2 is 2.11 bits per heavy atom. The van der Waals surface area contributed by atoms with Gasteiger partial charge in [-0.2, -0.15) is 0 Å². The number of benzene rings is 1. The lowest BCUT2D eigenvalue weighted by Crippen LogP contribution is -2.30. The number of rotatable bonds is 3. The minimum Gasteiger partial charge on any atom is -0.343 e. The Morgan fingerprint density at radius 1 is 1.28 bits per heavy atom. The largest absolute Gasteiger partial charge is 0.343 e. The molecule has 0 unspecified atom stereocenters. The highest BCUT2D eigenvalue weighted by Gasteiger charge is 2.18. The molecule has 0 amide bonds. The average Bonchev–Trinajstić information content (AvgIpc) is 2.87. The van der Waals surface area contributed by atoms with Crippen LogP contribution in [0.2, 0.25) is 0 Å². The molecule has 4 heteroatoms. The van der Waals surface area contributed by atoms with Gasteiger partial charge in [-0.25, -0.2) is 4.98 Å². The molecule has 0 bridgehead atoms. The van der Waals surface area contributed by atoms with Gasteiger partial charge < -0.3 is 10.6 Å². The zero-order valence-corrected chi connectivity index (χ0v) is 11.1. The van der Waals surface area contributed by atoms with Crippen LogP contribution in [-0.2, 0) is 19.4 Å². The van der Waals surface area contributed by atoms with Crippen LogP contribution in [0.1, 0.15) is 16.8 Å². The van der Waals surface area contributed by atoms with E-state index in [1.54, 1.807) is 11.3 Å². The molecule has 0 radical (unpaired) electrons. The van der Waals surface area contributed by atoms with Crippen molar-refractivity contribution in [2.75, 3.05) is 18.0 Å². The van der Waals surface area contributed by atoms with Crippen molar-refractivity contribution >= 4 is 16.5 Å². The summed E-state index contributed by atoms with van der Waals surface area (Å²) in [6.45, 7) is 2.71. The summed E-state index contributed by atoms with van der Waals surface area (Å²) >= 11 is 1.73. The van der Waals surface area contributed by atoms with E-state index in [2.05, 4.69) is 39.5 Å². The Morgan fingerprint density at radius 3 is 2.94 bits per heavy atom. The van der Waals surface area contributed by atoms with Crippen molar-refractivity contribution in [3.05, 3.63) is 46.5 Å². The molecule has 0 saturated heterocycles. The molecule has 3 nitrogen and oxygen atoms in total. The summed E-state index contributed by atoms with van der Waals surface area (Å²) in [4.78, 5) is 7.03. The second-order valence-corrected chi connectivity index (χ2v) is 5.44. The summed E-state index contributed by atoms with van der Waals surface area (Å²) in [6, 6.07) is 8.69. The first-order valence-corrected chi connectivity index (χ1v) is 7.21. The minimum absolute atomic E-state index is 0.673. The molecule has 2 aromatic rings. The van der Waals surface area contributed by atoms with Crippen LogP contribution in [0.4, 0.5) is 5.13 Å². The van der Waals surface area contributed by atoms with Gasteiger partial charge in [0.2, 0.25) is 0 Å². The minimum atomic E-state index is 0.673. The molecule has 2 N–H and O–H groups in total. The first-order chi connectivity index (χ1) is 8.86. The predicted octanol–water partition coefficient (Wildman–Crippen LogP) is 2.21. The third kappa shape index (κ3) is 2.26. The standard InChI is InChI=1S/C14H17N3S/c15-7-5-13-10-18-14(16-13)17-8-6-11-3-1-2-4-12(11)9-17/h1-4,10H,5-9,15H2. The second kappa shape index (κ2) is 5.08. The molecule has 1 aliphatic rings. The number of nitrogens with zero attached hydrogens (tertiary/aromatic N) is 2. The smallest absolute Gasteiger partial charge is 0.185 e. The Labute approximate surface area is 111 Å². The highest BCUT2D eigenvalue weighted by molar-refractivity contribution is 7.13. The molecule has 1 aromatic carbocycles. The molecule has 3 rings (SSSR count). The number of hydrogen-bond acceptors (Lipinski definition) is 4. The molecule has 94 valence electrons. The summed E-state index contributed by atoms with van der Waals surface area (Å²) in [7, 11) is 0. The van der Waals surface area contributed by atoms with Crippen molar-refractivity contribution in [1.82, 2.24) is 4.98 Å². The molecule has 18 heavy (non-hydrogen) atoms. The molecular weight excluding hydrogens is 242 g/mol. The molecule has 0 spiro atoms. The summed E-state index contributed by atoms with van der Waals surface area (Å²) < 4.78 is 0. The van der Waals surface area contributed by atoms with Crippen LogP contribution in [0, 0.1) is 0 Å². The van der Waals surface area contributed by atoms with Gasteiger partial charge in [-0.05, 0) is 24.1 Å². The zero-order valence-electron chi connectivity index (χ0n) is 10.3. The van der Waals surface area contributed by atoms with Crippen molar-refractivity contribution in [2.24, 2.45) is 5.73 Å². The lowest BCUT2D eigenvalue weighted by molar-refractivity contribution is 0.726. The normalized spacial score (nSPS) is 14.6. The fraction of sp³-hybridized carbons (Fsp3) is 0.357. The van der Waals surface area contributed by atoms with Gasteiger partial charge in [0, 0.05) is 24.9 Å². The van der Waals surface area contributed by atoms with Gasteiger partial charge >= 0.3 is 0 Å². The van der Waals surface area contributed by atoms with Gasteiger partial charge in [-0.3, -0.25) is 0 Å². The zero-order chi connectivity index (χ0) is 12.4. The van der Waals surface area contributed by atoms with E-state index >= 15 is 0 Å². The van der Waals surface area contributed by atoms with E-state index in [-0.39, 0.29) is 0 Å². The van der Waals surface area contributed by atoms with E-state index in [1.807, 2.05) is 0 Å². The van der Waals surface area contributed by atoms with Gasteiger partial charge in [-0.1, -0.05) is 24.3 Å². The highest BCUT2D eigenvalue weighted by Crippen LogP contribution is 2.27. The van der Waals surface area contributed by atoms with Gasteiger partial charge in [0.05, 0.1) is 5.69 Å². The first kappa shape index (κ1) is 11.7. The van der Waals surface area contributed by atoms with Crippen LogP contribution in [0.5, 0.6) is 0 Å². The van der Waals surface area contributed by atoms with Crippen molar-refractivity contribution < 1.29 is 0 Å². The molecule has 0 saturated carbocycles. The lowest BCUT2D eigenvalue weighted by Gasteiger charge is -2.28. The van der Waals surface area contributed by atoms with Crippen LogP contribution in [-0.4, -0.2) is 18.1 Å². The Bertz CT molecular complexity index is 535. The average molecular weight is 259 g/mol. The summed E-state index contributed by atoms with van der Waals surface area (Å²) in [5, 5.41) is 3.26. The monoisotopic (exact) mass is 259 g/mol. The third-order valence-corrected chi connectivity index (χ3v) is 4.29. The van der Waals surface area contributed by atoms with Crippen LogP contribution >= 0.6 is 11.3 Å². The van der Waals surface area contributed by atoms with Crippen molar-refractivity contribution in [3.8, 4) is 0 Å². The van der Waals surface area contributed by atoms with Crippen LogP contribution in [0.15, 0.2) is 29.6 Å². The van der Waals surface area contributed by atoms with E-state index in [0.717, 1.165) is 36.8 Å². The number of thiazole rings is 1. The van der Waals surface area contributed by atoms with E-state index in [1.165, 1.54) is 11.1 Å². The van der Waals surface area contributed by atoms with Gasteiger partial charge in [-0.15, -0.1) is 11.3 Å². The van der Waals surface area contributed by atoms with Crippen LogP contribution in [0.25, 0.3) is 0 Å². The SMILES string of the molecule is NCCc1csc(N2CCc3ccccc3C2)n1. The van der Waals surface area contributed by atoms with E-state index < -0.39 is 0 Å². The number of hydrogen-bond donors (Lipinski definition) is 1. The Balaban J connectivity index is 1.78. The quantitative estimate of drug-likeness (QED) is 0.919. The van der Waals surface area contributed by atoms with Gasteiger partial charge in [0.15, 0.2) is 5.13 Å². The van der Waals surface area contributed by atoms with Crippen LogP contribution < -0.4 is 10.6 Å². The summed E-state index contributed by atoms with van der Waals surface area (Å²) in [6.07, 6.45) is 1.99. The van der Waals surface area contributed by atoms with Crippen molar-refractivity contribution in [1.29, 1.82) is 0 Å². The molecular formula is C14H17N3S. The number of nitrogens with two attached hydrogens (primary N) is 1. The maximum Gasteiger partial charge on any atom is 0.185 e. The van der Waals surface area contributed by atoms with Gasteiger partial charge in [0.1, 0.15) is 0 Å². The molecule has 2 heterocycles. The molecule has 1 aliphatic heterocycles. The topological polar surface area (TPSA) is 42.1 Å². The fourth-order valence-corrected chi connectivity index (χ4v) is 3.25. The number of aromatic nitrogens is 1. The predicted molar refractivity (Wildman–Crippen MR) is 76.1 cm³/mol. The van der Waals surface area contributed by atoms with Crippen molar-refractivity contribution in [3.63, 3.8) is 0 Å². The van der Waals surface area contributed by atoms with E-state index in [0.29, 0.717) is 6.54 Å². The van der Waals surface area contributed by atoms with E-state index in [4.69, 9.17) is 5.73 Å². The van der Waals surface area contributed by atoms with Gasteiger partial charge in [0.25, 0.3) is 0 Å². The lowest BCUT2D eigenvalue weighted by atomic mass is 10.0. The third-order valence-electron chi connectivity index (χ3n) is 3.34. The van der Waals surface area contributed by atoms with Crippen molar-refractivity contribution in [2.45, 2.75) is 19.4 Å². The highest BCUT2D eigenvalue weighted by atomic mass is 32.1. The Kier molecular flexibility index (Phi) is 3.30. The fourth-order valence-electron chi connectivity index (χ4n) is 2.36. The molecule has 1 aromatic heterocycles. The number of anilines is 1. The van der Waals surface area contributed by atoms with Crippen LogP contribution in [0.3, 0.4) is 0 Å². The maximum atomic E-state index is 5.56. The maximum absolute atomic E-state index is 5.56. The second-order valence-electron chi connectivity index (χ2n) is 4.60. The summed E-state index contributed by atoms with van der Waals surface area (Å²) in [5.41, 5.74) is 9.59. The molecule has 0 aliphatic carbocycles.